The summed E-state index contributed by atoms with van der Waals surface area (Å²) in [6.07, 6.45) is 7.20. The number of fused-ring (bicyclic) bond motifs is 1. The van der Waals surface area contributed by atoms with Crippen LogP contribution in [0.3, 0.4) is 0 Å². The van der Waals surface area contributed by atoms with E-state index in [1.165, 1.54) is 19.3 Å². The zero-order valence-electron chi connectivity index (χ0n) is 13.4. The second-order valence-corrected chi connectivity index (χ2v) is 6.32. The van der Waals surface area contributed by atoms with Crippen molar-refractivity contribution in [2.24, 2.45) is 0 Å². The van der Waals surface area contributed by atoms with E-state index in [1.807, 2.05) is 6.07 Å². The Balaban J connectivity index is 1.55. The Hall–Kier alpha value is -1.79. The smallest absolute Gasteiger partial charge is 0.180 e. The van der Waals surface area contributed by atoms with Crippen LogP contribution in [0.5, 0.6) is 0 Å². The summed E-state index contributed by atoms with van der Waals surface area (Å²) < 4.78 is 5.47. The van der Waals surface area contributed by atoms with Crippen molar-refractivity contribution < 1.29 is 4.74 Å². The highest BCUT2D eigenvalue weighted by molar-refractivity contribution is 5.71. The average Bonchev–Trinajstić information content (AvgIpc) is 2.63. The quantitative estimate of drug-likeness (QED) is 0.860. The van der Waals surface area contributed by atoms with E-state index in [9.17, 15) is 0 Å². The van der Waals surface area contributed by atoms with Crippen LogP contribution < -0.4 is 4.90 Å². The molecule has 2 saturated heterocycles. The molecule has 2 fully saturated rings. The Morgan fingerprint density at radius 1 is 1.04 bits per heavy atom. The van der Waals surface area contributed by atoms with E-state index < -0.39 is 0 Å². The van der Waals surface area contributed by atoms with Gasteiger partial charge in [0.15, 0.2) is 5.65 Å². The largest absolute Gasteiger partial charge is 0.379 e. The van der Waals surface area contributed by atoms with Gasteiger partial charge in [0.05, 0.1) is 13.2 Å². The molecule has 0 spiro atoms. The van der Waals surface area contributed by atoms with Gasteiger partial charge in [-0.05, 0) is 31.4 Å². The van der Waals surface area contributed by atoms with Gasteiger partial charge in [0.2, 0.25) is 0 Å². The van der Waals surface area contributed by atoms with Gasteiger partial charge in [-0.1, -0.05) is 0 Å². The van der Waals surface area contributed by atoms with Crippen LogP contribution >= 0.6 is 0 Å². The van der Waals surface area contributed by atoms with Gasteiger partial charge in [0.1, 0.15) is 11.3 Å². The van der Waals surface area contributed by atoms with Crippen LogP contribution in [-0.4, -0.2) is 65.3 Å². The number of morpholine rings is 1. The standard InChI is InChI=1S/C17H23N5O/c1-2-8-22(14(3-1)13-21-9-11-23-12-10-21)16-5-4-15-17(20-16)19-7-6-18-15/h4-7,14H,1-3,8-13H2. The van der Waals surface area contributed by atoms with Crippen molar-refractivity contribution in [1.29, 1.82) is 0 Å². The Morgan fingerprint density at radius 2 is 1.91 bits per heavy atom. The molecular weight excluding hydrogens is 290 g/mol. The third-order valence-electron chi connectivity index (χ3n) is 4.81. The van der Waals surface area contributed by atoms with Gasteiger partial charge in [-0.25, -0.2) is 9.97 Å². The van der Waals surface area contributed by atoms with Crippen molar-refractivity contribution >= 4 is 17.0 Å². The summed E-state index contributed by atoms with van der Waals surface area (Å²) in [5.74, 6) is 1.04. The van der Waals surface area contributed by atoms with Gasteiger partial charge in [-0.2, -0.15) is 0 Å². The van der Waals surface area contributed by atoms with Crippen LogP contribution in [0.4, 0.5) is 5.82 Å². The maximum absolute atomic E-state index is 5.47. The molecule has 4 rings (SSSR count). The SMILES string of the molecule is c1cnc2nc(N3CCCCC3CN3CCOCC3)ccc2n1. The van der Waals surface area contributed by atoms with Crippen LogP contribution in [0.1, 0.15) is 19.3 Å². The zero-order chi connectivity index (χ0) is 15.5. The zero-order valence-corrected chi connectivity index (χ0v) is 13.4. The van der Waals surface area contributed by atoms with Crippen LogP contribution in [0.15, 0.2) is 24.5 Å². The van der Waals surface area contributed by atoms with Gasteiger partial charge in [0.25, 0.3) is 0 Å². The van der Waals surface area contributed by atoms with E-state index in [4.69, 9.17) is 9.72 Å². The second-order valence-electron chi connectivity index (χ2n) is 6.32. The lowest BCUT2D eigenvalue weighted by atomic mass is 10.0. The molecule has 23 heavy (non-hydrogen) atoms. The number of pyridine rings is 1. The molecule has 0 aliphatic carbocycles. The lowest BCUT2D eigenvalue weighted by Crippen LogP contribution is -2.49. The number of hydrogen-bond donors (Lipinski definition) is 0. The van der Waals surface area contributed by atoms with Crippen molar-refractivity contribution in [3.63, 3.8) is 0 Å². The summed E-state index contributed by atoms with van der Waals surface area (Å²) >= 11 is 0. The van der Waals surface area contributed by atoms with E-state index in [1.54, 1.807) is 12.4 Å². The highest BCUT2D eigenvalue weighted by atomic mass is 16.5. The first kappa shape index (κ1) is 14.8. The normalized spacial score (nSPS) is 23.3. The van der Waals surface area contributed by atoms with Crippen molar-refractivity contribution in [2.75, 3.05) is 44.3 Å². The molecule has 0 saturated carbocycles. The van der Waals surface area contributed by atoms with E-state index in [0.29, 0.717) is 6.04 Å². The highest BCUT2D eigenvalue weighted by Gasteiger charge is 2.26. The number of rotatable bonds is 3. The second kappa shape index (κ2) is 6.76. The number of anilines is 1. The van der Waals surface area contributed by atoms with E-state index in [0.717, 1.165) is 56.4 Å². The Morgan fingerprint density at radius 3 is 2.83 bits per heavy atom. The van der Waals surface area contributed by atoms with Gasteiger partial charge < -0.3 is 9.64 Å². The van der Waals surface area contributed by atoms with Crippen molar-refractivity contribution in [1.82, 2.24) is 19.9 Å². The molecule has 2 aliphatic heterocycles. The fraction of sp³-hybridized carbons (Fsp3) is 0.588. The molecule has 2 aliphatic rings. The van der Waals surface area contributed by atoms with Crippen LogP contribution in [0.25, 0.3) is 11.2 Å². The van der Waals surface area contributed by atoms with Gasteiger partial charge in [-0.3, -0.25) is 9.88 Å². The molecule has 1 atom stereocenters. The Kier molecular flexibility index (Phi) is 4.35. The summed E-state index contributed by atoms with van der Waals surface area (Å²) in [5, 5.41) is 0. The minimum absolute atomic E-state index is 0.531. The predicted molar refractivity (Wildman–Crippen MR) is 89.6 cm³/mol. The summed E-state index contributed by atoms with van der Waals surface area (Å²) in [6, 6.07) is 4.66. The number of aromatic nitrogens is 3. The number of piperidine rings is 1. The fourth-order valence-electron chi connectivity index (χ4n) is 3.58. The highest BCUT2D eigenvalue weighted by Crippen LogP contribution is 2.25. The third kappa shape index (κ3) is 3.28. The molecule has 2 aromatic rings. The molecule has 122 valence electrons. The first-order chi connectivity index (χ1) is 11.4. The van der Waals surface area contributed by atoms with E-state index in [2.05, 4.69) is 25.8 Å². The van der Waals surface area contributed by atoms with Gasteiger partial charge in [-0.15, -0.1) is 0 Å². The summed E-state index contributed by atoms with van der Waals surface area (Å²) in [7, 11) is 0. The maximum atomic E-state index is 5.47. The molecular formula is C17H23N5O. The lowest BCUT2D eigenvalue weighted by Gasteiger charge is -2.40. The van der Waals surface area contributed by atoms with Gasteiger partial charge >= 0.3 is 0 Å². The number of ether oxygens (including phenoxy) is 1. The van der Waals surface area contributed by atoms with Crippen molar-refractivity contribution in [3.05, 3.63) is 24.5 Å². The third-order valence-corrected chi connectivity index (χ3v) is 4.81. The Labute approximate surface area is 136 Å². The minimum atomic E-state index is 0.531. The summed E-state index contributed by atoms with van der Waals surface area (Å²) in [5.41, 5.74) is 1.60. The molecule has 4 heterocycles. The molecule has 1 unspecified atom stereocenters. The molecule has 0 bridgehead atoms. The first-order valence-electron chi connectivity index (χ1n) is 8.55. The Bertz CT molecular complexity index is 658. The number of hydrogen-bond acceptors (Lipinski definition) is 6. The van der Waals surface area contributed by atoms with E-state index in [-0.39, 0.29) is 0 Å². The predicted octanol–water partition coefficient (Wildman–Crippen LogP) is 1.72. The minimum Gasteiger partial charge on any atom is -0.379 e. The van der Waals surface area contributed by atoms with Crippen molar-refractivity contribution in [3.8, 4) is 0 Å². The first-order valence-corrected chi connectivity index (χ1v) is 8.55. The van der Waals surface area contributed by atoms with Crippen LogP contribution in [0, 0.1) is 0 Å². The molecule has 6 heteroatoms. The van der Waals surface area contributed by atoms with Gasteiger partial charge in [0, 0.05) is 44.6 Å². The topological polar surface area (TPSA) is 54.4 Å². The molecule has 0 radical (unpaired) electrons. The van der Waals surface area contributed by atoms with Crippen LogP contribution in [0.2, 0.25) is 0 Å². The maximum Gasteiger partial charge on any atom is 0.180 e. The molecule has 0 amide bonds. The average molecular weight is 313 g/mol. The van der Waals surface area contributed by atoms with E-state index >= 15 is 0 Å². The van der Waals surface area contributed by atoms with Crippen molar-refractivity contribution in [2.45, 2.75) is 25.3 Å². The lowest BCUT2D eigenvalue weighted by molar-refractivity contribution is 0.0338. The fourth-order valence-corrected chi connectivity index (χ4v) is 3.58. The monoisotopic (exact) mass is 313 g/mol. The molecule has 0 N–H and O–H groups in total. The summed E-state index contributed by atoms with van der Waals surface area (Å²) in [4.78, 5) is 18.4. The molecule has 6 nitrogen and oxygen atoms in total. The molecule has 0 aromatic carbocycles. The molecule has 2 aromatic heterocycles. The van der Waals surface area contributed by atoms with Crippen LogP contribution in [-0.2, 0) is 4.74 Å². The summed E-state index contributed by atoms with van der Waals surface area (Å²) in [6.45, 7) is 5.98. The number of nitrogens with zero attached hydrogens (tertiary/aromatic N) is 5.